The molecule has 8 nitrogen and oxygen atoms in total. The van der Waals surface area contributed by atoms with Crippen molar-refractivity contribution < 1.29 is 4.52 Å². The Kier molecular flexibility index (Phi) is 4.92. The SMILES string of the molecule is N#Cc1c(-c2cccs2)cc(=O)[nH]c1SCc1cncc(-c2noc(=O)[nH]2)c1. The number of aromatic amines is 2. The number of nitrogens with zero attached hydrogens (tertiary/aromatic N) is 3. The summed E-state index contributed by atoms with van der Waals surface area (Å²) in [5.41, 5.74) is 2.22. The number of pyridine rings is 2. The Labute approximate surface area is 165 Å². The van der Waals surface area contributed by atoms with E-state index >= 15 is 0 Å². The van der Waals surface area contributed by atoms with Crippen LogP contribution in [0.2, 0.25) is 0 Å². The molecule has 10 heteroatoms. The number of hydrogen-bond donors (Lipinski definition) is 2. The molecule has 0 unspecified atom stereocenters. The predicted octanol–water partition coefficient (Wildman–Crippen LogP) is 3.01. The van der Waals surface area contributed by atoms with Crippen LogP contribution >= 0.6 is 23.1 Å². The molecule has 0 saturated heterocycles. The normalized spacial score (nSPS) is 10.7. The van der Waals surface area contributed by atoms with Gasteiger partial charge in [-0.3, -0.25) is 19.3 Å². The van der Waals surface area contributed by atoms with Crippen LogP contribution in [0, 0.1) is 11.3 Å². The molecule has 0 amide bonds. The second-order valence-electron chi connectivity index (χ2n) is 5.65. The third-order valence-electron chi connectivity index (χ3n) is 3.80. The van der Waals surface area contributed by atoms with Gasteiger partial charge in [0.25, 0.3) is 0 Å². The number of H-pyrrole nitrogens is 2. The van der Waals surface area contributed by atoms with Gasteiger partial charge in [-0.1, -0.05) is 11.2 Å². The standard InChI is InChI=1S/C18H11N5O3S2/c19-6-13-12(14-2-1-3-27-14)5-15(24)21-17(13)28-9-10-4-11(8-20-7-10)16-22-18(25)26-23-16/h1-5,7-8H,9H2,(H,21,24)(H,22,23,25). The Bertz CT molecular complexity index is 1280. The van der Waals surface area contributed by atoms with E-state index < -0.39 is 5.76 Å². The van der Waals surface area contributed by atoms with Crippen LogP contribution in [0.4, 0.5) is 0 Å². The van der Waals surface area contributed by atoms with Crippen molar-refractivity contribution in [3.63, 3.8) is 0 Å². The van der Waals surface area contributed by atoms with E-state index in [-0.39, 0.29) is 11.4 Å². The van der Waals surface area contributed by atoms with Gasteiger partial charge in [-0.2, -0.15) is 5.26 Å². The van der Waals surface area contributed by atoms with Crippen molar-refractivity contribution in [2.24, 2.45) is 0 Å². The Morgan fingerprint density at radius 1 is 1.25 bits per heavy atom. The van der Waals surface area contributed by atoms with E-state index in [4.69, 9.17) is 0 Å². The predicted molar refractivity (Wildman–Crippen MR) is 105 cm³/mol. The van der Waals surface area contributed by atoms with Crippen LogP contribution in [0.3, 0.4) is 0 Å². The number of hydrogen-bond acceptors (Lipinski definition) is 8. The van der Waals surface area contributed by atoms with Crippen molar-refractivity contribution in [1.82, 2.24) is 20.1 Å². The van der Waals surface area contributed by atoms with E-state index in [1.807, 2.05) is 17.5 Å². The molecular formula is C18H11N5O3S2. The molecule has 0 aliphatic rings. The third-order valence-corrected chi connectivity index (χ3v) is 5.77. The highest BCUT2D eigenvalue weighted by Crippen LogP contribution is 2.32. The molecule has 0 spiro atoms. The van der Waals surface area contributed by atoms with Crippen LogP contribution in [0.25, 0.3) is 21.8 Å². The van der Waals surface area contributed by atoms with Gasteiger partial charge in [0, 0.05) is 40.2 Å². The maximum atomic E-state index is 12.1. The lowest BCUT2D eigenvalue weighted by Crippen LogP contribution is -2.08. The summed E-state index contributed by atoms with van der Waals surface area (Å²) >= 11 is 2.80. The van der Waals surface area contributed by atoms with Crippen LogP contribution < -0.4 is 11.3 Å². The molecule has 2 N–H and O–H groups in total. The van der Waals surface area contributed by atoms with Gasteiger partial charge >= 0.3 is 5.76 Å². The summed E-state index contributed by atoms with van der Waals surface area (Å²) in [6.45, 7) is 0. The van der Waals surface area contributed by atoms with Gasteiger partial charge in [0.05, 0.1) is 10.6 Å². The summed E-state index contributed by atoms with van der Waals surface area (Å²) < 4.78 is 4.51. The first kappa shape index (κ1) is 18.0. The van der Waals surface area contributed by atoms with Crippen molar-refractivity contribution in [2.45, 2.75) is 10.8 Å². The monoisotopic (exact) mass is 409 g/mol. The smallest absolute Gasteiger partial charge is 0.316 e. The first-order valence-corrected chi connectivity index (χ1v) is 9.85. The summed E-state index contributed by atoms with van der Waals surface area (Å²) in [5.74, 6) is 0.105. The van der Waals surface area contributed by atoms with E-state index in [2.05, 4.69) is 30.7 Å². The molecule has 4 aromatic rings. The summed E-state index contributed by atoms with van der Waals surface area (Å²) in [7, 11) is 0. The van der Waals surface area contributed by atoms with Crippen LogP contribution in [-0.2, 0) is 5.75 Å². The van der Waals surface area contributed by atoms with E-state index in [1.165, 1.54) is 29.2 Å². The number of thioether (sulfide) groups is 1. The summed E-state index contributed by atoms with van der Waals surface area (Å²) in [6, 6.07) is 9.19. The maximum absolute atomic E-state index is 12.1. The van der Waals surface area contributed by atoms with Crippen molar-refractivity contribution in [1.29, 1.82) is 5.26 Å². The first-order chi connectivity index (χ1) is 13.6. The molecular weight excluding hydrogens is 398 g/mol. The Balaban J connectivity index is 1.63. The zero-order valence-electron chi connectivity index (χ0n) is 14.1. The van der Waals surface area contributed by atoms with Crippen LogP contribution in [0.1, 0.15) is 11.1 Å². The topological polar surface area (TPSA) is 128 Å². The fraction of sp³-hybridized carbons (Fsp3) is 0.0556. The molecule has 0 aliphatic carbocycles. The van der Waals surface area contributed by atoms with Crippen LogP contribution in [0.15, 0.2) is 61.2 Å². The average Bonchev–Trinajstić information content (AvgIpc) is 3.38. The van der Waals surface area contributed by atoms with Crippen molar-refractivity contribution in [2.75, 3.05) is 0 Å². The lowest BCUT2D eigenvalue weighted by Gasteiger charge is -2.08. The molecule has 0 bridgehead atoms. The van der Waals surface area contributed by atoms with E-state index in [0.717, 1.165) is 10.4 Å². The highest BCUT2D eigenvalue weighted by Gasteiger charge is 2.14. The average molecular weight is 409 g/mol. The number of thiophene rings is 1. The maximum Gasteiger partial charge on any atom is 0.439 e. The molecule has 0 aromatic carbocycles. The molecule has 138 valence electrons. The molecule has 0 aliphatic heterocycles. The Hall–Kier alpha value is -3.42. The molecule has 0 atom stereocenters. The van der Waals surface area contributed by atoms with Gasteiger partial charge in [-0.05, 0) is 23.1 Å². The summed E-state index contributed by atoms with van der Waals surface area (Å²) in [4.78, 5) is 33.4. The number of rotatable bonds is 5. The van der Waals surface area contributed by atoms with E-state index in [9.17, 15) is 14.9 Å². The molecule has 4 aromatic heterocycles. The van der Waals surface area contributed by atoms with Gasteiger partial charge in [0.15, 0.2) is 5.82 Å². The van der Waals surface area contributed by atoms with Gasteiger partial charge in [0.1, 0.15) is 6.07 Å². The van der Waals surface area contributed by atoms with Gasteiger partial charge in [-0.25, -0.2) is 4.79 Å². The lowest BCUT2D eigenvalue weighted by atomic mass is 10.1. The lowest BCUT2D eigenvalue weighted by molar-refractivity contribution is 0.388. The largest absolute Gasteiger partial charge is 0.439 e. The first-order valence-electron chi connectivity index (χ1n) is 7.98. The molecule has 0 radical (unpaired) electrons. The minimum Gasteiger partial charge on any atom is -0.316 e. The van der Waals surface area contributed by atoms with Gasteiger partial charge < -0.3 is 4.98 Å². The minimum atomic E-state index is -0.642. The molecule has 4 rings (SSSR count). The number of nitriles is 1. The molecule has 28 heavy (non-hydrogen) atoms. The number of nitrogens with one attached hydrogen (secondary N) is 2. The zero-order chi connectivity index (χ0) is 19.5. The van der Waals surface area contributed by atoms with E-state index in [1.54, 1.807) is 18.5 Å². The van der Waals surface area contributed by atoms with Gasteiger partial charge in [0.2, 0.25) is 5.56 Å². The van der Waals surface area contributed by atoms with Crippen LogP contribution in [0.5, 0.6) is 0 Å². The quantitative estimate of drug-likeness (QED) is 0.485. The fourth-order valence-electron chi connectivity index (χ4n) is 2.59. The van der Waals surface area contributed by atoms with Crippen molar-refractivity contribution in [3.8, 4) is 27.9 Å². The van der Waals surface area contributed by atoms with E-state index in [0.29, 0.717) is 27.5 Å². The third kappa shape index (κ3) is 3.66. The van der Waals surface area contributed by atoms with Crippen molar-refractivity contribution in [3.05, 3.63) is 74.1 Å². The molecule has 4 heterocycles. The highest BCUT2D eigenvalue weighted by molar-refractivity contribution is 7.98. The Morgan fingerprint density at radius 3 is 2.86 bits per heavy atom. The molecule has 0 fully saturated rings. The second kappa shape index (κ2) is 7.67. The molecule has 0 saturated carbocycles. The number of aromatic nitrogens is 4. The van der Waals surface area contributed by atoms with Gasteiger partial charge in [-0.15, -0.1) is 23.1 Å². The fourth-order valence-corrected chi connectivity index (χ4v) is 4.28. The minimum absolute atomic E-state index is 0.267. The second-order valence-corrected chi connectivity index (χ2v) is 7.59. The Morgan fingerprint density at radius 2 is 2.14 bits per heavy atom. The zero-order valence-corrected chi connectivity index (χ0v) is 15.8. The summed E-state index contributed by atoms with van der Waals surface area (Å²) in [6.07, 6.45) is 3.23. The summed E-state index contributed by atoms with van der Waals surface area (Å²) in [5, 5.41) is 15.7. The highest BCUT2D eigenvalue weighted by atomic mass is 32.2. The van der Waals surface area contributed by atoms with Crippen LogP contribution in [-0.4, -0.2) is 20.1 Å². The van der Waals surface area contributed by atoms with Crippen molar-refractivity contribution >= 4 is 23.1 Å².